The van der Waals surface area contributed by atoms with Gasteiger partial charge < -0.3 is 83.4 Å². The lowest BCUT2D eigenvalue weighted by molar-refractivity contribution is -0.127. The lowest BCUT2D eigenvalue weighted by atomic mass is 9.83. The third-order valence-corrected chi connectivity index (χ3v) is 18.0. The van der Waals surface area contributed by atoms with Crippen LogP contribution < -0.4 is 0 Å². The van der Waals surface area contributed by atoms with Crippen molar-refractivity contribution in [1.82, 2.24) is 0 Å². The Morgan fingerprint density at radius 3 is 0.703 bits per heavy atom. The van der Waals surface area contributed by atoms with Crippen molar-refractivity contribution in [2.24, 2.45) is 11.8 Å². The highest BCUT2D eigenvalue weighted by Crippen LogP contribution is 2.27. The first-order valence-electron chi connectivity index (χ1n) is 28.1. The van der Waals surface area contributed by atoms with Gasteiger partial charge in [-0.1, -0.05) is 78.1 Å². The first kappa shape index (κ1) is 73.4. The SMILES string of the molecule is CCC(CCCCCCCC[Si](OCCOCCOC)(OCCOCCOC)OCCOCCOC)C(=O)C(CC)CCCCCCCC[Si](OCCOCCOC)(OCCOCCOC)OCCOCCOC. The maximum absolute atomic E-state index is 13.8. The number of unbranched alkanes of at least 4 members (excludes halogenated alkanes) is 10. The molecule has 0 aliphatic rings. The molecule has 0 saturated heterocycles. The summed E-state index contributed by atoms with van der Waals surface area (Å²) in [4.78, 5) is 13.8. The van der Waals surface area contributed by atoms with Crippen molar-refractivity contribution in [3.63, 3.8) is 0 Å². The molecule has 21 heteroatoms. The van der Waals surface area contributed by atoms with Crippen LogP contribution in [0.15, 0.2) is 0 Å². The monoisotopic (exact) mass is 1110 g/mol. The van der Waals surface area contributed by atoms with Gasteiger partial charge in [0.15, 0.2) is 0 Å². The highest BCUT2D eigenvalue weighted by molar-refractivity contribution is 6.61. The third-order valence-electron chi connectivity index (χ3n) is 12.3. The van der Waals surface area contributed by atoms with Crippen LogP contribution >= 0.6 is 0 Å². The van der Waals surface area contributed by atoms with E-state index in [1.165, 1.54) is 0 Å². The van der Waals surface area contributed by atoms with E-state index in [0.29, 0.717) is 176 Å². The maximum atomic E-state index is 13.8. The van der Waals surface area contributed by atoms with E-state index in [0.717, 1.165) is 103 Å². The fraction of sp³-hybridized carbons (Fsp3) is 0.981. The third kappa shape index (κ3) is 44.3. The van der Waals surface area contributed by atoms with E-state index in [-0.39, 0.29) is 11.8 Å². The zero-order valence-corrected chi connectivity index (χ0v) is 50.1. The summed E-state index contributed by atoms with van der Waals surface area (Å²) in [5.74, 6) is 0.734. The average molecular weight is 1110 g/mol. The molecule has 0 heterocycles. The van der Waals surface area contributed by atoms with Crippen LogP contribution in [-0.2, 0) is 88.2 Å². The maximum Gasteiger partial charge on any atom is 0.501 e. The van der Waals surface area contributed by atoms with E-state index in [4.69, 9.17) is 83.4 Å². The Balaban J connectivity index is 5.03. The highest BCUT2D eigenvalue weighted by Gasteiger charge is 2.42. The number of carbonyl (C=O) groups is 1. The number of carbonyl (C=O) groups excluding carboxylic acids is 1. The van der Waals surface area contributed by atoms with Gasteiger partial charge in [-0.2, -0.15) is 0 Å². The Hall–Kier alpha value is -0.616. The summed E-state index contributed by atoms with van der Waals surface area (Å²) >= 11 is 0. The van der Waals surface area contributed by atoms with E-state index in [1.54, 1.807) is 42.7 Å². The fourth-order valence-electron chi connectivity index (χ4n) is 7.99. The van der Waals surface area contributed by atoms with Crippen LogP contribution in [0.5, 0.6) is 0 Å². The minimum atomic E-state index is -3.07. The largest absolute Gasteiger partial charge is 0.501 e. The van der Waals surface area contributed by atoms with Crippen molar-refractivity contribution in [3.05, 3.63) is 0 Å². The second-order valence-electron chi connectivity index (χ2n) is 18.0. The van der Waals surface area contributed by atoms with Crippen LogP contribution in [-0.4, -0.2) is 225 Å². The molecule has 0 aromatic carbocycles. The Bertz CT molecular complexity index is 976. The molecule has 74 heavy (non-hydrogen) atoms. The number of rotatable bonds is 64. The van der Waals surface area contributed by atoms with Gasteiger partial charge in [0.05, 0.1) is 159 Å². The quantitative estimate of drug-likeness (QED) is 0.0421. The minimum Gasteiger partial charge on any atom is -0.382 e. The Morgan fingerprint density at radius 1 is 0.284 bits per heavy atom. The van der Waals surface area contributed by atoms with Gasteiger partial charge in [-0.05, 0) is 38.5 Å². The average Bonchev–Trinajstić information content (AvgIpc) is 3.41. The summed E-state index contributed by atoms with van der Waals surface area (Å²) in [6, 6.07) is 1.39. The summed E-state index contributed by atoms with van der Waals surface area (Å²) in [5, 5.41) is 0. The molecule has 0 aromatic rings. The second-order valence-corrected chi connectivity index (χ2v) is 23.5. The van der Waals surface area contributed by atoms with E-state index < -0.39 is 17.6 Å². The predicted molar refractivity (Wildman–Crippen MR) is 290 cm³/mol. The summed E-state index contributed by atoms with van der Waals surface area (Å²) in [7, 11) is 3.78. The number of Topliss-reactive ketones (excluding diaryl/α,β-unsaturated/α-hetero) is 1. The van der Waals surface area contributed by atoms with Crippen LogP contribution in [0.3, 0.4) is 0 Å². The lowest BCUT2D eigenvalue weighted by Crippen LogP contribution is -2.48. The lowest BCUT2D eigenvalue weighted by Gasteiger charge is -2.30. The number of hydrogen-bond acceptors (Lipinski definition) is 19. The molecule has 0 aromatic heterocycles. The smallest absolute Gasteiger partial charge is 0.382 e. The van der Waals surface area contributed by atoms with Gasteiger partial charge in [0.2, 0.25) is 0 Å². The molecule has 0 amide bonds. The van der Waals surface area contributed by atoms with Crippen molar-refractivity contribution >= 4 is 23.4 Å². The molecule has 19 nitrogen and oxygen atoms in total. The van der Waals surface area contributed by atoms with Gasteiger partial charge in [0.1, 0.15) is 5.78 Å². The second kappa shape index (κ2) is 57.1. The van der Waals surface area contributed by atoms with Gasteiger partial charge >= 0.3 is 17.6 Å². The van der Waals surface area contributed by atoms with E-state index in [1.807, 2.05) is 0 Å². The zero-order chi connectivity index (χ0) is 54.2. The van der Waals surface area contributed by atoms with Gasteiger partial charge in [0, 0.05) is 66.6 Å². The summed E-state index contributed by atoms with van der Waals surface area (Å²) < 4.78 is 103. The molecule has 0 saturated carbocycles. The van der Waals surface area contributed by atoms with Crippen molar-refractivity contribution in [2.45, 2.75) is 129 Å². The molecule has 0 N–H and O–H groups in total. The van der Waals surface area contributed by atoms with Crippen LogP contribution in [0.2, 0.25) is 12.1 Å². The predicted octanol–water partition coefficient (Wildman–Crippen LogP) is 8.02. The molecule has 444 valence electrons. The summed E-state index contributed by atoms with van der Waals surface area (Å²) in [6.45, 7) is 15.2. The van der Waals surface area contributed by atoms with E-state index in [2.05, 4.69) is 13.8 Å². The molecule has 0 radical (unpaired) electrons. The molecule has 2 atom stereocenters. The van der Waals surface area contributed by atoms with Crippen molar-refractivity contribution < 1.29 is 88.2 Å². The van der Waals surface area contributed by atoms with Gasteiger partial charge in [-0.25, -0.2) is 0 Å². The van der Waals surface area contributed by atoms with Gasteiger partial charge in [0.25, 0.3) is 0 Å². The first-order valence-corrected chi connectivity index (χ1v) is 32.0. The Kier molecular flexibility index (Phi) is 56.6. The molecule has 0 spiro atoms. The van der Waals surface area contributed by atoms with Crippen molar-refractivity contribution in [1.29, 1.82) is 0 Å². The standard InChI is InChI=1S/C53H110O19Si2/c1-9-51(23-19-15-11-13-17-21-49-73(67-43-37-61-31-25-55-3,68-44-38-62-32-26-56-4)69-45-39-63-33-27-57-5)53(54)52(10-2)24-20-16-12-14-18-22-50-74(70-46-40-64-34-28-58-6,71-47-41-65-35-29-59-7)72-48-42-66-36-30-60-8/h51-52H,9-50H2,1-8H3. The molecule has 0 rings (SSSR count). The molecule has 0 aliphatic carbocycles. The molecular formula is C53H110O19Si2. The number of ether oxygens (including phenoxy) is 12. The summed E-state index contributed by atoms with van der Waals surface area (Å²) in [6.07, 6.45) is 16.5. The van der Waals surface area contributed by atoms with Gasteiger partial charge in [-0.3, -0.25) is 4.79 Å². The van der Waals surface area contributed by atoms with Crippen LogP contribution in [0.25, 0.3) is 0 Å². The Morgan fingerprint density at radius 2 is 0.486 bits per heavy atom. The topological polar surface area (TPSA) is 183 Å². The number of ketones is 1. The zero-order valence-electron chi connectivity index (χ0n) is 48.1. The van der Waals surface area contributed by atoms with Crippen molar-refractivity contribution in [2.75, 3.05) is 201 Å². The highest BCUT2D eigenvalue weighted by atomic mass is 28.4. The molecule has 0 aliphatic heterocycles. The number of methoxy groups -OCH3 is 6. The molecule has 0 fully saturated rings. The van der Waals surface area contributed by atoms with Crippen LogP contribution in [0.4, 0.5) is 0 Å². The number of hydrogen-bond donors (Lipinski definition) is 0. The summed E-state index contributed by atoms with van der Waals surface area (Å²) in [5.41, 5.74) is 0. The molecular weight excluding hydrogens is 997 g/mol. The molecule has 2 unspecified atom stereocenters. The fourth-order valence-corrected chi connectivity index (χ4v) is 13.1. The Labute approximate surface area is 451 Å². The molecule has 0 bridgehead atoms. The van der Waals surface area contributed by atoms with Crippen LogP contribution in [0, 0.1) is 11.8 Å². The normalized spacial score (nSPS) is 13.1. The van der Waals surface area contributed by atoms with Crippen LogP contribution in [0.1, 0.15) is 117 Å². The van der Waals surface area contributed by atoms with E-state index in [9.17, 15) is 4.79 Å². The minimum absolute atomic E-state index is 0.135. The van der Waals surface area contributed by atoms with Crippen molar-refractivity contribution in [3.8, 4) is 0 Å². The van der Waals surface area contributed by atoms with Gasteiger partial charge in [-0.15, -0.1) is 0 Å². The van der Waals surface area contributed by atoms with E-state index >= 15 is 0 Å². The first-order chi connectivity index (χ1) is 36.4.